The van der Waals surface area contributed by atoms with Crippen molar-refractivity contribution < 1.29 is 19.0 Å². The Morgan fingerprint density at radius 1 is 1.04 bits per heavy atom. The number of rotatable bonds is 4. The molecular formula is C23H25NO4. The van der Waals surface area contributed by atoms with E-state index in [-0.39, 0.29) is 24.8 Å². The molecule has 1 aliphatic carbocycles. The minimum Gasteiger partial charge on any atom is -0.454 e. The molecule has 0 bridgehead atoms. The number of benzene rings is 2. The van der Waals surface area contributed by atoms with E-state index in [1.165, 1.54) is 11.1 Å². The lowest BCUT2D eigenvalue weighted by atomic mass is 9.86. The van der Waals surface area contributed by atoms with E-state index in [9.17, 15) is 4.79 Å². The van der Waals surface area contributed by atoms with Gasteiger partial charge in [-0.3, -0.25) is 4.79 Å². The predicted octanol–water partition coefficient (Wildman–Crippen LogP) is 4.00. The summed E-state index contributed by atoms with van der Waals surface area (Å²) in [5.41, 5.74) is 3.69. The summed E-state index contributed by atoms with van der Waals surface area (Å²) in [6, 6.07) is 14.6. The number of carbonyl (C=O) groups is 1. The summed E-state index contributed by atoms with van der Waals surface area (Å²) < 4.78 is 16.7. The highest BCUT2D eigenvalue weighted by Crippen LogP contribution is 2.38. The fraction of sp³-hybridized carbons (Fsp3) is 0.435. The Balaban J connectivity index is 1.48. The molecule has 5 rings (SSSR count). The van der Waals surface area contributed by atoms with Crippen LogP contribution in [0.1, 0.15) is 48.4 Å². The van der Waals surface area contributed by atoms with Crippen LogP contribution in [0, 0.1) is 0 Å². The van der Waals surface area contributed by atoms with Crippen LogP contribution < -0.4 is 9.47 Å². The van der Waals surface area contributed by atoms with E-state index in [4.69, 9.17) is 14.2 Å². The van der Waals surface area contributed by atoms with Crippen molar-refractivity contribution in [1.29, 1.82) is 0 Å². The third kappa shape index (κ3) is 3.24. The molecule has 0 aromatic heterocycles. The van der Waals surface area contributed by atoms with E-state index >= 15 is 0 Å². The number of amides is 1. The fourth-order valence-corrected chi connectivity index (χ4v) is 4.59. The van der Waals surface area contributed by atoms with Gasteiger partial charge >= 0.3 is 0 Å². The number of ether oxygens (including phenoxy) is 3. The minimum atomic E-state index is -0.317. The SMILES string of the molecule is O=C([C@H]1CCCO1)N(Cc1ccc2c(c1)OCO2)[C@H]1CCCc2ccccc21. The normalized spacial score (nSPS) is 22.7. The second-order valence-electron chi connectivity index (χ2n) is 7.76. The fourth-order valence-electron chi connectivity index (χ4n) is 4.59. The molecule has 2 aliphatic heterocycles. The molecular weight excluding hydrogens is 354 g/mol. The van der Waals surface area contributed by atoms with Gasteiger partial charge in [0, 0.05) is 13.2 Å². The van der Waals surface area contributed by atoms with E-state index < -0.39 is 0 Å². The Bertz CT molecular complexity index is 875. The third-order valence-electron chi connectivity index (χ3n) is 5.99. The Labute approximate surface area is 165 Å². The molecule has 1 amide bonds. The van der Waals surface area contributed by atoms with Gasteiger partial charge in [0.25, 0.3) is 5.91 Å². The zero-order chi connectivity index (χ0) is 18.9. The molecule has 5 nitrogen and oxygen atoms in total. The van der Waals surface area contributed by atoms with E-state index in [1.807, 2.05) is 23.1 Å². The molecule has 0 spiro atoms. The van der Waals surface area contributed by atoms with Gasteiger partial charge in [0.15, 0.2) is 11.5 Å². The lowest BCUT2D eigenvalue weighted by molar-refractivity contribution is -0.144. The molecule has 3 aliphatic rings. The third-order valence-corrected chi connectivity index (χ3v) is 5.99. The lowest BCUT2D eigenvalue weighted by Gasteiger charge is -2.37. The topological polar surface area (TPSA) is 48.0 Å². The zero-order valence-corrected chi connectivity index (χ0v) is 15.9. The van der Waals surface area contributed by atoms with Crippen molar-refractivity contribution >= 4 is 5.91 Å². The van der Waals surface area contributed by atoms with Crippen LogP contribution in [0.5, 0.6) is 11.5 Å². The van der Waals surface area contributed by atoms with Crippen molar-refractivity contribution in [1.82, 2.24) is 4.90 Å². The first kappa shape index (κ1) is 17.6. The van der Waals surface area contributed by atoms with Crippen LogP contribution in [-0.2, 0) is 22.5 Å². The Kier molecular flexibility index (Phi) is 4.69. The highest BCUT2D eigenvalue weighted by Gasteiger charge is 2.35. The van der Waals surface area contributed by atoms with Crippen LogP contribution in [0.15, 0.2) is 42.5 Å². The molecule has 0 saturated carbocycles. The molecule has 0 radical (unpaired) electrons. The van der Waals surface area contributed by atoms with Crippen LogP contribution in [0.25, 0.3) is 0 Å². The standard InChI is InChI=1S/C23H25NO4/c25-23(21-9-4-12-26-21)24(14-16-10-11-20-22(13-16)28-15-27-20)19-8-3-6-17-5-1-2-7-18(17)19/h1-2,5,7,10-11,13,19,21H,3-4,6,8-9,12,14-15H2/t19-,21+/m0/s1. The highest BCUT2D eigenvalue weighted by molar-refractivity contribution is 5.81. The van der Waals surface area contributed by atoms with Crippen LogP contribution in [-0.4, -0.2) is 30.3 Å². The summed E-state index contributed by atoms with van der Waals surface area (Å²) in [7, 11) is 0. The monoisotopic (exact) mass is 379 g/mol. The minimum absolute atomic E-state index is 0.0899. The maximum Gasteiger partial charge on any atom is 0.252 e. The number of hydrogen-bond donors (Lipinski definition) is 0. The number of hydrogen-bond acceptors (Lipinski definition) is 4. The van der Waals surface area contributed by atoms with Gasteiger partial charge in [-0.2, -0.15) is 0 Å². The summed E-state index contributed by atoms with van der Waals surface area (Å²) in [5.74, 6) is 1.63. The summed E-state index contributed by atoms with van der Waals surface area (Å²) >= 11 is 0. The maximum absolute atomic E-state index is 13.4. The van der Waals surface area contributed by atoms with Crippen LogP contribution >= 0.6 is 0 Å². The summed E-state index contributed by atoms with van der Waals surface area (Å²) in [6.07, 6.45) is 4.61. The highest BCUT2D eigenvalue weighted by atomic mass is 16.7. The van der Waals surface area contributed by atoms with Crippen molar-refractivity contribution in [3.05, 3.63) is 59.2 Å². The largest absolute Gasteiger partial charge is 0.454 e. The molecule has 2 atom stereocenters. The van der Waals surface area contributed by atoms with E-state index in [2.05, 4.69) is 24.3 Å². The van der Waals surface area contributed by atoms with Gasteiger partial charge in [0.1, 0.15) is 6.10 Å². The Hall–Kier alpha value is -2.53. The maximum atomic E-state index is 13.4. The molecule has 1 saturated heterocycles. The first-order chi connectivity index (χ1) is 13.8. The van der Waals surface area contributed by atoms with Crippen molar-refractivity contribution in [2.24, 2.45) is 0 Å². The second-order valence-corrected chi connectivity index (χ2v) is 7.76. The zero-order valence-electron chi connectivity index (χ0n) is 15.9. The van der Waals surface area contributed by atoms with Crippen molar-refractivity contribution in [3.8, 4) is 11.5 Å². The van der Waals surface area contributed by atoms with Crippen LogP contribution in [0.4, 0.5) is 0 Å². The van der Waals surface area contributed by atoms with E-state index in [0.717, 1.165) is 49.2 Å². The molecule has 2 aromatic carbocycles. The Morgan fingerprint density at radius 2 is 1.93 bits per heavy atom. The van der Waals surface area contributed by atoms with E-state index in [0.29, 0.717) is 13.2 Å². The average molecular weight is 379 g/mol. The van der Waals surface area contributed by atoms with Gasteiger partial charge in [0.05, 0.1) is 6.04 Å². The number of nitrogens with zero attached hydrogens (tertiary/aromatic N) is 1. The summed E-state index contributed by atoms with van der Waals surface area (Å²) in [5, 5.41) is 0. The van der Waals surface area contributed by atoms with E-state index in [1.54, 1.807) is 0 Å². The van der Waals surface area contributed by atoms with Gasteiger partial charge in [-0.15, -0.1) is 0 Å². The molecule has 146 valence electrons. The molecule has 28 heavy (non-hydrogen) atoms. The van der Waals surface area contributed by atoms with Crippen molar-refractivity contribution in [2.45, 2.75) is 50.8 Å². The number of carbonyl (C=O) groups excluding carboxylic acids is 1. The van der Waals surface area contributed by atoms with Gasteiger partial charge in [0.2, 0.25) is 6.79 Å². The molecule has 2 aromatic rings. The van der Waals surface area contributed by atoms with Gasteiger partial charge in [-0.05, 0) is 60.9 Å². The average Bonchev–Trinajstić information content (AvgIpc) is 3.43. The summed E-state index contributed by atoms with van der Waals surface area (Å²) in [6.45, 7) is 1.48. The predicted molar refractivity (Wildman–Crippen MR) is 104 cm³/mol. The first-order valence-corrected chi connectivity index (χ1v) is 10.2. The Morgan fingerprint density at radius 3 is 2.82 bits per heavy atom. The second kappa shape index (κ2) is 7.47. The smallest absolute Gasteiger partial charge is 0.252 e. The van der Waals surface area contributed by atoms with Gasteiger partial charge in [-0.25, -0.2) is 0 Å². The van der Waals surface area contributed by atoms with Gasteiger partial charge in [-0.1, -0.05) is 30.3 Å². The van der Waals surface area contributed by atoms with Gasteiger partial charge < -0.3 is 19.1 Å². The first-order valence-electron chi connectivity index (χ1n) is 10.2. The van der Waals surface area contributed by atoms with Crippen molar-refractivity contribution in [3.63, 3.8) is 0 Å². The molecule has 5 heteroatoms. The summed E-state index contributed by atoms with van der Waals surface area (Å²) in [4.78, 5) is 15.5. The molecule has 1 fully saturated rings. The quantitative estimate of drug-likeness (QED) is 0.806. The molecule has 2 heterocycles. The molecule has 0 N–H and O–H groups in total. The molecule has 0 unspecified atom stereocenters. The van der Waals surface area contributed by atoms with Crippen LogP contribution in [0.3, 0.4) is 0 Å². The van der Waals surface area contributed by atoms with Crippen LogP contribution in [0.2, 0.25) is 0 Å². The number of fused-ring (bicyclic) bond motifs is 2. The van der Waals surface area contributed by atoms with Crippen molar-refractivity contribution in [2.75, 3.05) is 13.4 Å². The number of aryl methyl sites for hydroxylation is 1. The lowest BCUT2D eigenvalue weighted by Crippen LogP contribution is -2.42.